The van der Waals surface area contributed by atoms with Gasteiger partial charge in [-0.15, -0.1) is 0 Å². The lowest BCUT2D eigenvalue weighted by Gasteiger charge is -2.32. The Bertz CT molecular complexity index is 339. The van der Waals surface area contributed by atoms with E-state index in [1.807, 2.05) is 12.1 Å². The van der Waals surface area contributed by atoms with Gasteiger partial charge in [-0.1, -0.05) is 29.6 Å². The molecular formula is C13H17Cl2N. The van der Waals surface area contributed by atoms with Crippen LogP contribution in [0.4, 0.5) is 0 Å². The van der Waals surface area contributed by atoms with Gasteiger partial charge in [-0.05, 0) is 56.6 Å². The molecule has 1 aliphatic heterocycles. The Balaban J connectivity index is 2.15. The molecule has 1 aromatic carbocycles. The minimum absolute atomic E-state index is 0.413. The molecule has 0 amide bonds. The predicted octanol–water partition coefficient (Wildman–Crippen LogP) is 4.54. The maximum Gasteiger partial charge on any atom is 0.0424 e. The Morgan fingerprint density at radius 3 is 2.12 bits per heavy atom. The van der Waals surface area contributed by atoms with E-state index in [-0.39, 0.29) is 0 Å². The van der Waals surface area contributed by atoms with Crippen molar-refractivity contribution in [3.8, 4) is 0 Å². The van der Waals surface area contributed by atoms with E-state index in [2.05, 4.69) is 11.8 Å². The number of benzene rings is 1. The van der Waals surface area contributed by atoms with Crippen molar-refractivity contribution in [2.75, 3.05) is 13.1 Å². The fourth-order valence-electron chi connectivity index (χ4n) is 2.33. The first-order valence-corrected chi connectivity index (χ1v) is 6.62. The van der Waals surface area contributed by atoms with Gasteiger partial charge in [-0.25, -0.2) is 0 Å². The van der Waals surface area contributed by atoms with E-state index < -0.39 is 0 Å². The van der Waals surface area contributed by atoms with E-state index in [1.165, 1.54) is 37.9 Å². The number of hydrogen-bond donors (Lipinski definition) is 0. The van der Waals surface area contributed by atoms with Crippen molar-refractivity contribution in [2.45, 2.75) is 32.2 Å². The molecule has 0 spiro atoms. The number of halogens is 2. The molecule has 88 valence electrons. The number of nitrogens with zero attached hydrogens (tertiary/aromatic N) is 1. The molecule has 0 bridgehead atoms. The van der Waals surface area contributed by atoms with E-state index in [0.29, 0.717) is 6.04 Å². The second kappa shape index (κ2) is 5.39. The van der Waals surface area contributed by atoms with E-state index >= 15 is 0 Å². The molecule has 1 heterocycles. The summed E-state index contributed by atoms with van der Waals surface area (Å²) < 4.78 is 0. The highest BCUT2D eigenvalue weighted by Crippen LogP contribution is 2.28. The lowest BCUT2D eigenvalue weighted by atomic mass is 10.0. The number of piperidine rings is 1. The van der Waals surface area contributed by atoms with Gasteiger partial charge in [0.05, 0.1) is 0 Å². The van der Waals surface area contributed by atoms with E-state index in [1.54, 1.807) is 6.07 Å². The molecule has 1 atom stereocenters. The molecule has 1 unspecified atom stereocenters. The monoisotopic (exact) mass is 257 g/mol. The molecule has 16 heavy (non-hydrogen) atoms. The highest BCUT2D eigenvalue weighted by Gasteiger charge is 2.18. The van der Waals surface area contributed by atoms with Crippen LogP contribution in [0.3, 0.4) is 0 Å². The molecule has 1 saturated heterocycles. The smallest absolute Gasteiger partial charge is 0.0424 e. The summed E-state index contributed by atoms with van der Waals surface area (Å²) in [4.78, 5) is 2.51. The van der Waals surface area contributed by atoms with Crippen LogP contribution in [0.15, 0.2) is 18.2 Å². The maximum atomic E-state index is 6.03. The molecular weight excluding hydrogens is 241 g/mol. The average molecular weight is 258 g/mol. The third kappa shape index (κ3) is 2.91. The van der Waals surface area contributed by atoms with E-state index in [9.17, 15) is 0 Å². The molecule has 1 nitrogen and oxygen atoms in total. The van der Waals surface area contributed by atoms with Crippen LogP contribution in [0, 0.1) is 0 Å². The van der Waals surface area contributed by atoms with Crippen molar-refractivity contribution in [1.29, 1.82) is 0 Å². The summed E-state index contributed by atoms with van der Waals surface area (Å²) in [6, 6.07) is 6.24. The Morgan fingerprint density at radius 1 is 1.00 bits per heavy atom. The molecule has 0 aliphatic carbocycles. The van der Waals surface area contributed by atoms with Crippen molar-refractivity contribution < 1.29 is 0 Å². The lowest BCUT2D eigenvalue weighted by molar-refractivity contribution is 0.175. The van der Waals surface area contributed by atoms with Crippen LogP contribution >= 0.6 is 23.2 Å². The molecule has 0 saturated carbocycles. The SMILES string of the molecule is CC(c1cc(Cl)cc(Cl)c1)N1CCCCC1. The zero-order chi connectivity index (χ0) is 11.5. The van der Waals surface area contributed by atoms with Gasteiger partial charge in [0.1, 0.15) is 0 Å². The van der Waals surface area contributed by atoms with Crippen LogP contribution in [0.25, 0.3) is 0 Å². The Labute approximate surface area is 107 Å². The molecule has 1 fully saturated rings. The summed E-state index contributed by atoms with van der Waals surface area (Å²) in [6.07, 6.45) is 3.97. The number of rotatable bonds is 2. The van der Waals surface area contributed by atoms with E-state index in [4.69, 9.17) is 23.2 Å². The van der Waals surface area contributed by atoms with Crippen molar-refractivity contribution in [1.82, 2.24) is 4.90 Å². The molecule has 0 aromatic heterocycles. The molecule has 1 aromatic rings. The molecule has 1 aliphatic rings. The van der Waals surface area contributed by atoms with Crippen LogP contribution in [0.2, 0.25) is 10.0 Å². The second-order valence-electron chi connectivity index (χ2n) is 4.48. The van der Waals surface area contributed by atoms with Gasteiger partial charge < -0.3 is 0 Å². The Kier molecular flexibility index (Phi) is 4.12. The van der Waals surface area contributed by atoms with Gasteiger partial charge in [-0.2, -0.15) is 0 Å². The lowest BCUT2D eigenvalue weighted by Crippen LogP contribution is -2.32. The zero-order valence-corrected chi connectivity index (χ0v) is 11.1. The Hall–Kier alpha value is -0.240. The summed E-state index contributed by atoms with van der Waals surface area (Å²) >= 11 is 12.1. The van der Waals surface area contributed by atoms with Crippen molar-refractivity contribution >= 4 is 23.2 Å². The van der Waals surface area contributed by atoms with Crippen LogP contribution in [0.5, 0.6) is 0 Å². The second-order valence-corrected chi connectivity index (χ2v) is 5.35. The van der Waals surface area contributed by atoms with E-state index in [0.717, 1.165) is 10.0 Å². The maximum absolute atomic E-state index is 6.03. The molecule has 0 radical (unpaired) electrons. The van der Waals surface area contributed by atoms with Crippen LogP contribution in [0.1, 0.15) is 37.8 Å². The highest BCUT2D eigenvalue weighted by atomic mass is 35.5. The largest absolute Gasteiger partial charge is 0.297 e. The van der Waals surface area contributed by atoms with Crippen molar-refractivity contribution in [3.05, 3.63) is 33.8 Å². The summed E-state index contributed by atoms with van der Waals surface area (Å²) in [5.74, 6) is 0. The third-order valence-electron chi connectivity index (χ3n) is 3.31. The van der Waals surface area contributed by atoms with Gasteiger partial charge in [0.15, 0.2) is 0 Å². The van der Waals surface area contributed by atoms with Gasteiger partial charge >= 0.3 is 0 Å². The first-order valence-electron chi connectivity index (χ1n) is 5.87. The predicted molar refractivity (Wildman–Crippen MR) is 70.3 cm³/mol. The van der Waals surface area contributed by atoms with Crippen molar-refractivity contribution in [3.63, 3.8) is 0 Å². The normalized spacial score (nSPS) is 19.7. The van der Waals surface area contributed by atoms with Gasteiger partial charge in [-0.3, -0.25) is 4.90 Å². The minimum Gasteiger partial charge on any atom is -0.297 e. The van der Waals surface area contributed by atoms with Gasteiger partial charge in [0.2, 0.25) is 0 Å². The first kappa shape index (κ1) is 12.2. The molecule has 0 N–H and O–H groups in total. The van der Waals surface area contributed by atoms with Gasteiger partial charge in [0, 0.05) is 16.1 Å². The highest BCUT2D eigenvalue weighted by molar-refractivity contribution is 6.34. The minimum atomic E-state index is 0.413. The average Bonchev–Trinajstić information content (AvgIpc) is 2.28. The number of hydrogen-bond acceptors (Lipinski definition) is 1. The molecule has 2 rings (SSSR count). The van der Waals surface area contributed by atoms with Crippen LogP contribution in [-0.4, -0.2) is 18.0 Å². The third-order valence-corrected chi connectivity index (χ3v) is 3.74. The Morgan fingerprint density at radius 2 is 1.56 bits per heavy atom. The van der Waals surface area contributed by atoms with Crippen molar-refractivity contribution in [2.24, 2.45) is 0 Å². The summed E-state index contributed by atoms with van der Waals surface area (Å²) in [7, 11) is 0. The fraction of sp³-hybridized carbons (Fsp3) is 0.538. The van der Waals surface area contributed by atoms with Crippen LogP contribution < -0.4 is 0 Å². The number of likely N-dealkylation sites (tertiary alicyclic amines) is 1. The summed E-state index contributed by atoms with van der Waals surface area (Å²) in [5, 5.41) is 1.46. The topological polar surface area (TPSA) is 3.24 Å². The zero-order valence-electron chi connectivity index (χ0n) is 9.55. The molecule has 3 heteroatoms. The fourth-order valence-corrected chi connectivity index (χ4v) is 2.88. The standard InChI is InChI=1S/C13H17Cl2N/c1-10(16-5-3-2-4-6-16)11-7-12(14)9-13(15)8-11/h7-10H,2-6H2,1H3. The quantitative estimate of drug-likeness (QED) is 0.752. The summed E-state index contributed by atoms with van der Waals surface area (Å²) in [5.41, 5.74) is 1.22. The van der Waals surface area contributed by atoms with Gasteiger partial charge in [0.25, 0.3) is 0 Å². The first-order chi connectivity index (χ1) is 7.66. The van der Waals surface area contributed by atoms with Crippen LogP contribution in [-0.2, 0) is 0 Å². The summed E-state index contributed by atoms with van der Waals surface area (Å²) in [6.45, 7) is 4.60.